The Hall–Kier alpha value is -2.94. The van der Waals surface area contributed by atoms with Crippen molar-refractivity contribution in [2.45, 2.75) is 39.0 Å². The minimum absolute atomic E-state index is 0.822. The van der Waals surface area contributed by atoms with Crippen LogP contribution in [0.5, 0.6) is 0 Å². The van der Waals surface area contributed by atoms with Crippen LogP contribution in [-0.2, 0) is 12.8 Å². The molecule has 0 saturated heterocycles. The van der Waals surface area contributed by atoms with E-state index in [-0.39, 0.29) is 0 Å². The highest BCUT2D eigenvalue weighted by molar-refractivity contribution is 5.66. The Morgan fingerprint density at radius 3 is 2.52 bits per heavy atom. The molecule has 0 atom stereocenters. The summed E-state index contributed by atoms with van der Waals surface area (Å²) in [6, 6.07) is 21.4. The molecule has 0 radical (unpaired) electrons. The zero-order valence-electron chi connectivity index (χ0n) is 15.8. The summed E-state index contributed by atoms with van der Waals surface area (Å²) in [5.74, 6) is 0. The van der Waals surface area contributed by atoms with E-state index in [9.17, 15) is 0 Å². The zero-order valence-corrected chi connectivity index (χ0v) is 15.8. The zero-order chi connectivity index (χ0) is 18.5. The van der Waals surface area contributed by atoms with Crippen molar-refractivity contribution in [1.29, 1.82) is 0 Å². The fraction of sp³-hybridized carbons (Fsp3) is 0.250. The van der Waals surface area contributed by atoms with Crippen molar-refractivity contribution >= 4 is 5.52 Å². The molecule has 0 aliphatic heterocycles. The number of benzene rings is 1. The van der Waals surface area contributed by atoms with Gasteiger partial charge in [-0.2, -0.15) is 5.10 Å². The molecule has 4 aromatic rings. The van der Waals surface area contributed by atoms with E-state index in [4.69, 9.17) is 0 Å². The fourth-order valence-electron chi connectivity index (χ4n) is 3.56. The van der Waals surface area contributed by atoms with E-state index in [1.165, 1.54) is 36.8 Å². The quantitative estimate of drug-likeness (QED) is 0.397. The molecule has 3 aromatic heterocycles. The van der Waals surface area contributed by atoms with E-state index in [1.807, 2.05) is 29.0 Å². The predicted octanol–water partition coefficient (Wildman–Crippen LogP) is 5.72. The number of nitrogens with zero attached hydrogens (tertiary/aromatic N) is 3. The summed E-state index contributed by atoms with van der Waals surface area (Å²) in [4.78, 5) is 4.68. The van der Waals surface area contributed by atoms with Crippen molar-refractivity contribution in [2.24, 2.45) is 0 Å². The Kier molecular flexibility index (Phi) is 5.29. The lowest BCUT2D eigenvalue weighted by Crippen LogP contribution is -2.00. The molecule has 0 unspecified atom stereocenters. The van der Waals surface area contributed by atoms with Crippen LogP contribution in [0.25, 0.3) is 16.8 Å². The van der Waals surface area contributed by atoms with Gasteiger partial charge in [-0.3, -0.25) is 4.98 Å². The molecule has 136 valence electrons. The van der Waals surface area contributed by atoms with Crippen molar-refractivity contribution in [3.8, 4) is 11.3 Å². The van der Waals surface area contributed by atoms with Gasteiger partial charge in [0.1, 0.15) is 0 Å². The number of hydrogen-bond acceptors (Lipinski definition) is 2. The van der Waals surface area contributed by atoms with Gasteiger partial charge in [-0.1, -0.05) is 50.1 Å². The summed E-state index contributed by atoms with van der Waals surface area (Å²) < 4.78 is 1.98. The number of aryl methyl sites for hydroxylation is 1. The van der Waals surface area contributed by atoms with Gasteiger partial charge < -0.3 is 0 Å². The van der Waals surface area contributed by atoms with E-state index < -0.39 is 0 Å². The molecule has 0 bridgehead atoms. The van der Waals surface area contributed by atoms with E-state index >= 15 is 0 Å². The second-order valence-corrected chi connectivity index (χ2v) is 7.03. The molecule has 1 aromatic carbocycles. The van der Waals surface area contributed by atoms with Gasteiger partial charge in [0.15, 0.2) is 0 Å². The van der Waals surface area contributed by atoms with Crippen LogP contribution in [0.15, 0.2) is 73.1 Å². The normalized spacial score (nSPS) is 11.1. The summed E-state index contributed by atoms with van der Waals surface area (Å²) in [6.45, 7) is 2.25. The van der Waals surface area contributed by atoms with Crippen LogP contribution in [-0.4, -0.2) is 14.6 Å². The standard InChI is InChI=1S/C24H25N3/c1-2-3-4-7-19-11-13-20(14-12-19)18-23-22(9-6-16-25-23)24-10-5-8-21-15-17-26-27(21)24/h5-6,8-17H,2-4,7,18H2,1H3. The maximum atomic E-state index is 4.68. The fourth-order valence-corrected chi connectivity index (χ4v) is 3.56. The molecule has 4 rings (SSSR count). The van der Waals surface area contributed by atoms with E-state index in [0.29, 0.717) is 0 Å². The molecule has 3 heterocycles. The first-order valence-electron chi connectivity index (χ1n) is 9.80. The molecular weight excluding hydrogens is 330 g/mol. The third-order valence-corrected chi connectivity index (χ3v) is 5.05. The molecule has 3 heteroatoms. The predicted molar refractivity (Wildman–Crippen MR) is 111 cm³/mol. The molecule has 0 fully saturated rings. The molecule has 3 nitrogen and oxygen atoms in total. The topological polar surface area (TPSA) is 30.2 Å². The van der Waals surface area contributed by atoms with Crippen molar-refractivity contribution < 1.29 is 0 Å². The Morgan fingerprint density at radius 1 is 0.815 bits per heavy atom. The second kappa shape index (κ2) is 8.17. The average molecular weight is 355 g/mol. The van der Waals surface area contributed by atoms with Crippen LogP contribution in [0.3, 0.4) is 0 Å². The monoisotopic (exact) mass is 355 g/mol. The number of unbranched alkanes of at least 4 members (excludes halogenated alkanes) is 2. The lowest BCUT2D eigenvalue weighted by molar-refractivity contribution is 0.717. The van der Waals surface area contributed by atoms with Crippen LogP contribution >= 0.6 is 0 Å². The number of aromatic nitrogens is 3. The van der Waals surface area contributed by atoms with Crippen LogP contribution in [0.4, 0.5) is 0 Å². The van der Waals surface area contributed by atoms with Gasteiger partial charge in [-0.25, -0.2) is 4.52 Å². The third-order valence-electron chi connectivity index (χ3n) is 5.05. The molecule has 0 saturated carbocycles. The smallest absolute Gasteiger partial charge is 0.0743 e. The summed E-state index contributed by atoms with van der Waals surface area (Å²) >= 11 is 0. The van der Waals surface area contributed by atoms with Crippen molar-refractivity contribution in [1.82, 2.24) is 14.6 Å². The molecular formula is C24H25N3. The minimum atomic E-state index is 0.822. The van der Waals surface area contributed by atoms with Crippen LogP contribution in [0.2, 0.25) is 0 Å². The number of hydrogen-bond donors (Lipinski definition) is 0. The molecule has 0 amide bonds. The highest BCUT2D eigenvalue weighted by Gasteiger charge is 2.10. The van der Waals surface area contributed by atoms with Crippen LogP contribution in [0.1, 0.15) is 43.0 Å². The summed E-state index contributed by atoms with van der Waals surface area (Å²) in [5.41, 5.74) is 7.12. The average Bonchev–Trinajstić information content (AvgIpc) is 3.19. The Bertz CT molecular complexity index is 1020. The van der Waals surface area contributed by atoms with Gasteiger partial charge in [0, 0.05) is 18.2 Å². The summed E-state index contributed by atoms with van der Waals surface area (Å²) in [7, 11) is 0. The first-order chi connectivity index (χ1) is 13.3. The highest BCUT2D eigenvalue weighted by atomic mass is 15.2. The number of fused-ring (bicyclic) bond motifs is 1. The maximum absolute atomic E-state index is 4.68. The number of pyridine rings is 2. The Morgan fingerprint density at radius 2 is 1.67 bits per heavy atom. The molecule has 27 heavy (non-hydrogen) atoms. The van der Waals surface area contributed by atoms with Crippen molar-refractivity contribution in [3.05, 3.63) is 89.9 Å². The SMILES string of the molecule is CCCCCc1ccc(Cc2ncccc2-c2cccc3ccnn23)cc1. The van der Waals surface area contributed by atoms with Gasteiger partial charge in [0.25, 0.3) is 0 Å². The molecule has 0 N–H and O–H groups in total. The van der Waals surface area contributed by atoms with Gasteiger partial charge in [-0.05, 0) is 54.3 Å². The molecule has 0 aliphatic carbocycles. The molecule has 0 spiro atoms. The van der Waals surface area contributed by atoms with Crippen molar-refractivity contribution in [3.63, 3.8) is 0 Å². The van der Waals surface area contributed by atoms with Gasteiger partial charge in [0.2, 0.25) is 0 Å². The van der Waals surface area contributed by atoms with Crippen LogP contribution in [0, 0.1) is 0 Å². The largest absolute Gasteiger partial charge is 0.260 e. The van der Waals surface area contributed by atoms with Gasteiger partial charge in [0.05, 0.1) is 23.1 Å². The van der Waals surface area contributed by atoms with E-state index in [1.54, 1.807) is 0 Å². The Labute approximate surface area is 160 Å². The Balaban J connectivity index is 1.60. The molecule has 0 aliphatic rings. The lowest BCUT2D eigenvalue weighted by Gasteiger charge is -2.11. The highest BCUT2D eigenvalue weighted by Crippen LogP contribution is 2.25. The number of rotatable bonds is 7. The second-order valence-electron chi connectivity index (χ2n) is 7.03. The lowest BCUT2D eigenvalue weighted by atomic mass is 10.00. The van der Waals surface area contributed by atoms with Gasteiger partial charge >= 0.3 is 0 Å². The minimum Gasteiger partial charge on any atom is -0.260 e. The van der Waals surface area contributed by atoms with Crippen LogP contribution < -0.4 is 0 Å². The van der Waals surface area contributed by atoms with Crippen molar-refractivity contribution in [2.75, 3.05) is 0 Å². The first-order valence-corrected chi connectivity index (χ1v) is 9.80. The summed E-state index contributed by atoms with van der Waals surface area (Å²) in [5, 5.41) is 4.48. The van der Waals surface area contributed by atoms with Gasteiger partial charge in [-0.15, -0.1) is 0 Å². The maximum Gasteiger partial charge on any atom is 0.0743 e. The third kappa shape index (κ3) is 3.92. The first kappa shape index (κ1) is 17.5. The summed E-state index contributed by atoms with van der Waals surface area (Å²) in [6.07, 6.45) is 9.55. The van der Waals surface area contributed by atoms with E-state index in [0.717, 1.165) is 28.9 Å². The van der Waals surface area contributed by atoms with E-state index in [2.05, 4.69) is 65.5 Å².